The molecule has 1 aliphatic heterocycles. The fourth-order valence-corrected chi connectivity index (χ4v) is 1.34. The Morgan fingerprint density at radius 1 is 1.57 bits per heavy atom. The van der Waals surface area contributed by atoms with Crippen molar-refractivity contribution in [3.8, 4) is 5.75 Å². The van der Waals surface area contributed by atoms with Crippen molar-refractivity contribution >= 4 is 0 Å². The highest BCUT2D eigenvalue weighted by atomic mass is 16.6. The van der Waals surface area contributed by atoms with Gasteiger partial charge in [-0.1, -0.05) is 18.2 Å². The van der Waals surface area contributed by atoms with Crippen LogP contribution in [0.3, 0.4) is 0 Å². The molecule has 0 saturated carbocycles. The summed E-state index contributed by atoms with van der Waals surface area (Å²) in [6, 6.07) is 7.23. The second-order valence-corrected chi connectivity index (χ2v) is 3.49. The van der Waals surface area contributed by atoms with Crippen LogP contribution in [0.2, 0.25) is 0 Å². The van der Waals surface area contributed by atoms with Crippen molar-refractivity contribution in [3.63, 3.8) is 0 Å². The molecule has 0 aliphatic carbocycles. The number of phenols is 1. The van der Waals surface area contributed by atoms with Crippen LogP contribution in [-0.4, -0.2) is 24.4 Å². The van der Waals surface area contributed by atoms with E-state index in [9.17, 15) is 5.11 Å². The first-order valence-corrected chi connectivity index (χ1v) is 4.78. The molecule has 1 heterocycles. The molecule has 0 aromatic heterocycles. The summed E-state index contributed by atoms with van der Waals surface area (Å²) in [5, 5.41) is 9.55. The predicted molar refractivity (Wildman–Crippen MR) is 52.2 cm³/mol. The van der Waals surface area contributed by atoms with Gasteiger partial charge in [0.1, 0.15) is 11.9 Å². The lowest BCUT2D eigenvalue weighted by molar-refractivity contribution is 0.0525. The van der Waals surface area contributed by atoms with Gasteiger partial charge in [0.25, 0.3) is 0 Å². The molecule has 0 bridgehead atoms. The number of aromatic hydroxyl groups is 1. The Balaban J connectivity index is 1.95. The highest BCUT2D eigenvalue weighted by Crippen LogP contribution is 2.26. The summed E-state index contributed by atoms with van der Waals surface area (Å²) in [5.74, 6) is 0.289. The summed E-state index contributed by atoms with van der Waals surface area (Å²) < 4.78 is 10.6. The summed E-state index contributed by atoms with van der Waals surface area (Å²) >= 11 is 0. The fraction of sp³-hybridized carbons (Fsp3) is 0.455. The molecule has 14 heavy (non-hydrogen) atoms. The van der Waals surface area contributed by atoms with Crippen LogP contribution >= 0.6 is 0 Å². The van der Waals surface area contributed by atoms with Gasteiger partial charge in [0, 0.05) is 5.56 Å². The van der Waals surface area contributed by atoms with Gasteiger partial charge in [0.05, 0.1) is 19.3 Å². The normalized spacial score (nSPS) is 21.9. The third kappa shape index (κ3) is 2.25. The van der Waals surface area contributed by atoms with Crippen LogP contribution in [0.1, 0.15) is 18.6 Å². The number of rotatable bonds is 4. The van der Waals surface area contributed by atoms with Crippen molar-refractivity contribution in [1.29, 1.82) is 0 Å². The number of benzene rings is 1. The highest BCUT2D eigenvalue weighted by Gasteiger charge is 2.24. The minimum absolute atomic E-state index is 0.0830. The lowest BCUT2D eigenvalue weighted by Crippen LogP contribution is -2.06. The van der Waals surface area contributed by atoms with E-state index >= 15 is 0 Å². The molecule has 3 heteroatoms. The van der Waals surface area contributed by atoms with Crippen molar-refractivity contribution in [2.75, 3.05) is 13.2 Å². The van der Waals surface area contributed by atoms with E-state index in [1.165, 1.54) is 0 Å². The van der Waals surface area contributed by atoms with Crippen molar-refractivity contribution in [3.05, 3.63) is 29.8 Å². The zero-order valence-electron chi connectivity index (χ0n) is 8.14. The average molecular weight is 194 g/mol. The molecule has 76 valence electrons. The summed E-state index contributed by atoms with van der Waals surface area (Å²) in [4.78, 5) is 0. The van der Waals surface area contributed by atoms with Gasteiger partial charge in [-0.15, -0.1) is 0 Å². The monoisotopic (exact) mass is 194 g/mol. The molecule has 1 aromatic rings. The van der Waals surface area contributed by atoms with E-state index in [2.05, 4.69) is 0 Å². The highest BCUT2D eigenvalue weighted by molar-refractivity contribution is 5.33. The van der Waals surface area contributed by atoms with Crippen LogP contribution < -0.4 is 0 Å². The summed E-state index contributed by atoms with van der Waals surface area (Å²) in [6.07, 6.45) is 0.184. The Labute approximate surface area is 83.3 Å². The van der Waals surface area contributed by atoms with E-state index in [1.807, 2.05) is 19.1 Å². The van der Waals surface area contributed by atoms with Crippen molar-refractivity contribution in [1.82, 2.24) is 0 Å². The average Bonchev–Trinajstić information content (AvgIpc) is 2.98. The quantitative estimate of drug-likeness (QED) is 0.744. The molecule has 0 amide bonds. The Kier molecular flexibility index (Phi) is 2.70. The van der Waals surface area contributed by atoms with Gasteiger partial charge in [-0.2, -0.15) is 0 Å². The largest absolute Gasteiger partial charge is 0.508 e. The van der Waals surface area contributed by atoms with Gasteiger partial charge in [-0.25, -0.2) is 0 Å². The molecule has 2 rings (SSSR count). The lowest BCUT2D eigenvalue weighted by atomic mass is 10.1. The second kappa shape index (κ2) is 3.98. The van der Waals surface area contributed by atoms with E-state index in [0.29, 0.717) is 6.61 Å². The van der Waals surface area contributed by atoms with Crippen LogP contribution in [-0.2, 0) is 9.47 Å². The van der Waals surface area contributed by atoms with Crippen molar-refractivity contribution in [2.45, 2.75) is 19.1 Å². The van der Waals surface area contributed by atoms with Crippen LogP contribution in [0.15, 0.2) is 24.3 Å². The first-order valence-electron chi connectivity index (χ1n) is 4.78. The maximum Gasteiger partial charge on any atom is 0.121 e. The molecule has 1 aliphatic rings. The van der Waals surface area contributed by atoms with Crippen molar-refractivity contribution < 1.29 is 14.6 Å². The molecular weight excluding hydrogens is 180 g/mol. The van der Waals surface area contributed by atoms with Crippen LogP contribution in [0, 0.1) is 0 Å². The summed E-state index contributed by atoms with van der Waals surface area (Å²) in [7, 11) is 0. The molecule has 2 unspecified atom stereocenters. The van der Waals surface area contributed by atoms with Gasteiger partial charge in [0.2, 0.25) is 0 Å². The maximum atomic E-state index is 9.55. The molecule has 1 saturated heterocycles. The third-order valence-corrected chi connectivity index (χ3v) is 2.31. The first-order chi connectivity index (χ1) is 6.77. The van der Waals surface area contributed by atoms with E-state index < -0.39 is 0 Å². The zero-order chi connectivity index (χ0) is 9.97. The minimum atomic E-state index is -0.0830. The Hall–Kier alpha value is -1.06. The van der Waals surface area contributed by atoms with Crippen LogP contribution in [0.4, 0.5) is 0 Å². The standard InChI is InChI=1S/C11H14O3/c1-8(13-6-9-7-14-9)10-4-2-3-5-11(10)12/h2-5,8-9,12H,6-7H2,1H3. The first kappa shape index (κ1) is 9.49. The van der Waals surface area contributed by atoms with E-state index in [4.69, 9.17) is 9.47 Å². The van der Waals surface area contributed by atoms with Gasteiger partial charge < -0.3 is 14.6 Å². The third-order valence-electron chi connectivity index (χ3n) is 2.31. The van der Waals surface area contributed by atoms with Crippen molar-refractivity contribution in [2.24, 2.45) is 0 Å². The summed E-state index contributed by atoms with van der Waals surface area (Å²) in [6.45, 7) is 3.33. The number of para-hydroxylation sites is 1. The number of hydrogen-bond acceptors (Lipinski definition) is 3. The van der Waals surface area contributed by atoms with Gasteiger partial charge in [0.15, 0.2) is 0 Å². The van der Waals surface area contributed by atoms with Crippen LogP contribution in [0.5, 0.6) is 5.75 Å². The van der Waals surface area contributed by atoms with Gasteiger partial charge in [-0.3, -0.25) is 0 Å². The zero-order valence-corrected chi connectivity index (χ0v) is 8.14. The summed E-state index contributed by atoms with van der Waals surface area (Å²) in [5.41, 5.74) is 0.827. The van der Waals surface area contributed by atoms with E-state index in [1.54, 1.807) is 12.1 Å². The second-order valence-electron chi connectivity index (χ2n) is 3.49. The van der Waals surface area contributed by atoms with E-state index in [0.717, 1.165) is 12.2 Å². The maximum absolute atomic E-state index is 9.55. The smallest absolute Gasteiger partial charge is 0.121 e. The SMILES string of the molecule is CC(OCC1CO1)c1ccccc1O. The molecule has 1 N–H and O–H groups in total. The van der Waals surface area contributed by atoms with Gasteiger partial charge >= 0.3 is 0 Å². The topological polar surface area (TPSA) is 42.0 Å². The van der Waals surface area contributed by atoms with Gasteiger partial charge in [-0.05, 0) is 13.0 Å². The molecule has 1 fully saturated rings. The number of phenolic OH excluding ortho intramolecular Hbond substituents is 1. The Morgan fingerprint density at radius 3 is 2.93 bits per heavy atom. The number of hydrogen-bond donors (Lipinski definition) is 1. The molecule has 2 atom stereocenters. The predicted octanol–water partition coefficient (Wildman–Crippen LogP) is 1.87. The number of ether oxygens (including phenoxy) is 2. The Bertz CT molecular complexity index is 307. The molecular formula is C11H14O3. The fourth-order valence-electron chi connectivity index (χ4n) is 1.34. The molecule has 3 nitrogen and oxygen atoms in total. The lowest BCUT2D eigenvalue weighted by Gasteiger charge is -2.13. The minimum Gasteiger partial charge on any atom is -0.508 e. The van der Waals surface area contributed by atoms with E-state index in [-0.39, 0.29) is 18.0 Å². The molecule has 0 radical (unpaired) electrons. The Morgan fingerprint density at radius 2 is 2.29 bits per heavy atom. The molecule has 1 aromatic carbocycles. The van der Waals surface area contributed by atoms with Crippen LogP contribution in [0.25, 0.3) is 0 Å². The number of epoxide rings is 1. The molecule has 0 spiro atoms.